The van der Waals surface area contributed by atoms with E-state index in [0.717, 1.165) is 22.9 Å². The fraction of sp³-hybridized carbons (Fsp3) is 0. The number of rotatable bonds is 2. The number of benzene rings is 1. The lowest BCUT2D eigenvalue weighted by atomic mass is 10.3. The fourth-order valence-electron chi connectivity index (χ4n) is 1.38. The number of aromatic nitrogens is 3. The molecule has 3 rings (SSSR count). The first-order valence-electron chi connectivity index (χ1n) is 5.12. The minimum atomic E-state index is -3.87. The molecule has 0 aliphatic carbocycles. The van der Waals surface area contributed by atoms with Gasteiger partial charge in [-0.1, -0.05) is 11.3 Å². The smallest absolute Gasteiger partial charge is 0.223 e. The van der Waals surface area contributed by atoms with Gasteiger partial charge in [0.25, 0.3) is 10.0 Å². The minimum absolute atomic E-state index is 0.233. The van der Waals surface area contributed by atoms with Gasteiger partial charge in [0, 0.05) is 11.5 Å². The number of fused-ring (bicyclic) bond motifs is 1. The average Bonchev–Trinajstić information content (AvgIpc) is 2.93. The Hall–Kier alpha value is -1.69. The Labute approximate surface area is 120 Å². The summed E-state index contributed by atoms with van der Waals surface area (Å²) < 4.78 is 40.3. The van der Waals surface area contributed by atoms with Crippen molar-refractivity contribution in [2.24, 2.45) is 10.1 Å². The molecular formula is C9H6FN5O2S3. The Morgan fingerprint density at radius 3 is 2.65 bits per heavy atom. The van der Waals surface area contributed by atoms with E-state index >= 15 is 0 Å². The summed E-state index contributed by atoms with van der Waals surface area (Å²) in [5.41, 5.74) is 0.509. The third-order valence-electron chi connectivity index (χ3n) is 2.22. The van der Waals surface area contributed by atoms with Gasteiger partial charge in [0.15, 0.2) is 0 Å². The average molecular weight is 331 g/mol. The van der Waals surface area contributed by atoms with Crippen molar-refractivity contribution in [1.82, 2.24) is 14.0 Å². The summed E-state index contributed by atoms with van der Waals surface area (Å²) in [5, 5.41) is 8.87. The van der Waals surface area contributed by atoms with Crippen LogP contribution < -0.4 is 9.94 Å². The zero-order valence-electron chi connectivity index (χ0n) is 9.59. The number of nitrogens with two attached hydrogens (primary N) is 1. The van der Waals surface area contributed by atoms with Crippen molar-refractivity contribution in [1.29, 1.82) is 0 Å². The van der Waals surface area contributed by atoms with Crippen molar-refractivity contribution >= 4 is 43.5 Å². The summed E-state index contributed by atoms with van der Waals surface area (Å²) in [6.07, 6.45) is 0. The first-order chi connectivity index (χ1) is 9.43. The highest BCUT2D eigenvalue weighted by Gasteiger charge is 2.16. The van der Waals surface area contributed by atoms with Crippen LogP contribution in [0.2, 0.25) is 0 Å². The topological polar surface area (TPSA) is 103 Å². The van der Waals surface area contributed by atoms with Gasteiger partial charge in [-0.15, -0.1) is 5.10 Å². The molecule has 0 aliphatic heterocycles. The van der Waals surface area contributed by atoms with Crippen LogP contribution in [0.25, 0.3) is 4.96 Å². The Morgan fingerprint density at radius 2 is 2.00 bits per heavy atom. The van der Waals surface area contributed by atoms with Gasteiger partial charge in [0.1, 0.15) is 5.82 Å². The predicted molar refractivity (Wildman–Crippen MR) is 71.7 cm³/mol. The molecule has 2 N–H and O–H groups in total. The monoisotopic (exact) mass is 331 g/mol. The summed E-state index contributed by atoms with van der Waals surface area (Å²) >= 11 is 1.91. The van der Waals surface area contributed by atoms with E-state index in [1.807, 2.05) is 0 Å². The van der Waals surface area contributed by atoms with Crippen LogP contribution >= 0.6 is 22.9 Å². The molecule has 7 nitrogen and oxygen atoms in total. The number of primary sulfonamides is 1. The first kappa shape index (κ1) is 13.3. The zero-order chi connectivity index (χ0) is 14.3. The van der Waals surface area contributed by atoms with Crippen LogP contribution in [0.4, 0.5) is 10.1 Å². The van der Waals surface area contributed by atoms with Crippen LogP contribution in [0.5, 0.6) is 0 Å². The van der Waals surface area contributed by atoms with E-state index in [1.165, 1.54) is 28.8 Å². The highest BCUT2D eigenvalue weighted by atomic mass is 32.2. The molecule has 2 aromatic heterocycles. The van der Waals surface area contributed by atoms with Gasteiger partial charge in [0.2, 0.25) is 14.1 Å². The van der Waals surface area contributed by atoms with Gasteiger partial charge in [-0.3, -0.25) is 0 Å². The molecule has 3 aromatic rings. The molecule has 0 unspecified atom stereocenters. The van der Waals surface area contributed by atoms with Crippen LogP contribution in [0.15, 0.2) is 33.6 Å². The lowest BCUT2D eigenvalue weighted by Crippen LogP contribution is -2.14. The van der Waals surface area contributed by atoms with Crippen molar-refractivity contribution in [2.45, 2.75) is 4.34 Å². The number of hydrogen-bond donors (Lipinski definition) is 1. The highest BCUT2D eigenvalue weighted by molar-refractivity contribution is 7.91. The summed E-state index contributed by atoms with van der Waals surface area (Å²) in [7, 11) is -3.87. The Bertz CT molecular complexity index is 938. The number of hydrogen-bond acceptors (Lipinski definition) is 7. The van der Waals surface area contributed by atoms with Gasteiger partial charge in [-0.2, -0.15) is 8.89 Å². The molecule has 0 amide bonds. The Balaban J connectivity index is 2.17. The molecule has 0 aliphatic rings. The van der Waals surface area contributed by atoms with Crippen molar-refractivity contribution in [3.63, 3.8) is 0 Å². The van der Waals surface area contributed by atoms with Crippen LogP contribution in [-0.4, -0.2) is 22.4 Å². The molecule has 0 bridgehead atoms. The van der Waals surface area contributed by atoms with E-state index in [1.54, 1.807) is 0 Å². The number of nitrogens with zero attached hydrogens (tertiary/aromatic N) is 4. The fourth-order valence-corrected chi connectivity index (χ4v) is 3.66. The Kier molecular flexibility index (Phi) is 3.12. The highest BCUT2D eigenvalue weighted by Crippen LogP contribution is 2.16. The molecule has 1 aromatic carbocycles. The first-order valence-corrected chi connectivity index (χ1v) is 8.26. The molecule has 0 radical (unpaired) electrons. The largest absolute Gasteiger partial charge is 0.267 e. The van der Waals surface area contributed by atoms with Crippen molar-refractivity contribution in [3.8, 4) is 0 Å². The molecule has 0 saturated carbocycles. The van der Waals surface area contributed by atoms with Crippen LogP contribution in [0.3, 0.4) is 0 Å². The maximum Gasteiger partial charge on any atom is 0.267 e. The van der Waals surface area contributed by atoms with Gasteiger partial charge in [-0.25, -0.2) is 22.9 Å². The second-order valence-electron chi connectivity index (χ2n) is 3.66. The van der Waals surface area contributed by atoms with Crippen LogP contribution in [0.1, 0.15) is 0 Å². The van der Waals surface area contributed by atoms with E-state index in [9.17, 15) is 12.8 Å². The maximum absolute atomic E-state index is 12.8. The number of halogens is 1. The van der Waals surface area contributed by atoms with E-state index in [2.05, 4.69) is 14.5 Å². The maximum atomic E-state index is 12.8. The predicted octanol–water partition coefficient (Wildman–Crippen LogP) is 0.871. The third kappa shape index (κ3) is 2.47. The van der Waals surface area contributed by atoms with Crippen molar-refractivity contribution < 1.29 is 12.8 Å². The summed E-state index contributed by atoms with van der Waals surface area (Å²) in [4.78, 5) is 4.97. The summed E-state index contributed by atoms with van der Waals surface area (Å²) in [5.74, 6) is -0.365. The van der Waals surface area contributed by atoms with E-state index in [4.69, 9.17) is 5.14 Å². The van der Waals surface area contributed by atoms with Crippen molar-refractivity contribution in [2.75, 3.05) is 0 Å². The molecule has 20 heavy (non-hydrogen) atoms. The van der Waals surface area contributed by atoms with Gasteiger partial charge in [-0.05, 0) is 24.3 Å². The molecule has 2 heterocycles. The minimum Gasteiger partial charge on any atom is -0.223 e. The molecule has 0 saturated heterocycles. The lowest BCUT2D eigenvalue weighted by molar-refractivity contribution is 0.594. The molecule has 0 atom stereocenters. The van der Waals surface area contributed by atoms with Gasteiger partial charge in [0.05, 0.1) is 5.69 Å². The SMILES string of the molecule is NS(=O)(=O)c1nn2c(=Nc3ccc(F)cc3)snc2s1. The lowest BCUT2D eigenvalue weighted by Gasteiger charge is -1.91. The van der Waals surface area contributed by atoms with Gasteiger partial charge >= 0.3 is 0 Å². The number of sulfonamides is 1. The molecular weight excluding hydrogens is 325 g/mol. The van der Waals surface area contributed by atoms with E-state index in [-0.39, 0.29) is 10.2 Å². The second kappa shape index (κ2) is 4.70. The van der Waals surface area contributed by atoms with Crippen molar-refractivity contribution in [3.05, 3.63) is 34.9 Å². The molecule has 11 heteroatoms. The molecule has 104 valence electrons. The standard InChI is InChI=1S/C9H6FN5O2S3/c10-5-1-3-6(4-2-5)12-7-15-8(14-19-7)18-9(13-15)20(11,16)17/h1-4H,(H2,11,16,17). The third-order valence-corrected chi connectivity index (χ3v) is 5.25. The van der Waals surface area contributed by atoms with Crippen LogP contribution in [0, 0.1) is 5.82 Å². The molecule has 0 spiro atoms. The van der Waals surface area contributed by atoms with E-state index < -0.39 is 10.0 Å². The Morgan fingerprint density at radius 1 is 1.30 bits per heavy atom. The quantitative estimate of drug-likeness (QED) is 0.752. The second-order valence-corrected chi connectivity index (χ2v) is 7.08. The zero-order valence-corrected chi connectivity index (χ0v) is 12.0. The molecule has 0 fully saturated rings. The van der Waals surface area contributed by atoms with E-state index in [0.29, 0.717) is 15.4 Å². The summed E-state index contributed by atoms with van der Waals surface area (Å²) in [6.45, 7) is 0. The summed E-state index contributed by atoms with van der Waals surface area (Å²) in [6, 6.07) is 5.54. The van der Waals surface area contributed by atoms with Crippen LogP contribution in [-0.2, 0) is 10.0 Å². The normalized spacial score (nSPS) is 13.2. The van der Waals surface area contributed by atoms with Gasteiger partial charge < -0.3 is 0 Å².